The van der Waals surface area contributed by atoms with E-state index in [1.165, 1.54) is 23.5 Å². The van der Waals surface area contributed by atoms with Crippen molar-refractivity contribution in [2.75, 3.05) is 13.1 Å². The predicted octanol–water partition coefficient (Wildman–Crippen LogP) is 5.92. The van der Waals surface area contributed by atoms with Crippen LogP contribution in [-0.2, 0) is 11.2 Å². The zero-order valence-electron chi connectivity index (χ0n) is 20.0. The highest BCUT2D eigenvalue weighted by Gasteiger charge is 2.28. The molecule has 4 rings (SSSR count). The number of phenolic OH excluding ortho intramolecular Hbond substituents is 1. The minimum Gasteiger partial charge on any atom is -0.507 e. The molecular formula is C28H31FN2O3S. The van der Waals surface area contributed by atoms with Gasteiger partial charge in [0.2, 0.25) is 0 Å². The topological polar surface area (TPSA) is 70.5 Å². The Labute approximate surface area is 209 Å². The minimum atomic E-state index is -0.427. The molecule has 7 heteroatoms. The summed E-state index contributed by atoms with van der Waals surface area (Å²) in [6, 6.07) is 11.4. The van der Waals surface area contributed by atoms with E-state index in [1.807, 2.05) is 5.38 Å². The first-order valence-electron chi connectivity index (χ1n) is 12.2. The van der Waals surface area contributed by atoms with E-state index in [1.54, 1.807) is 36.5 Å². The highest BCUT2D eigenvalue weighted by atomic mass is 32.1. The van der Waals surface area contributed by atoms with Gasteiger partial charge in [-0.2, -0.15) is 0 Å². The van der Waals surface area contributed by atoms with Crippen LogP contribution in [0.5, 0.6) is 5.75 Å². The van der Waals surface area contributed by atoms with Crippen LogP contribution in [0.4, 0.5) is 4.39 Å². The van der Waals surface area contributed by atoms with Crippen LogP contribution in [0.25, 0.3) is 11.1 Å². The Hall–Kier alpha value is -2.90. The fourth-order valence-electron chi connectivity index (χ4n) is 4.99. The third-order valence-corrected chi connectivity index (χ3v) is 7.59. The summed E-state index contributed by atoms with van der Waals surface area (Å²) < 4.78 is 14.3. The molecule has 184 valence electrons. The highest BCUT2D eigenvalue weighted by Crippen LogP contribution is 2.30. The van der Waals surface area contributed by atoms with Gasteiger partial charge in [0.1, 0.15) is 17.3 Å². The maximum absolute atomic E-state index is 14.3. The summed E-state index contributed by atoms with van der Waals surface area (Å²) in [4.78, 5) is 32.3. The smallest absolute Gasteiger partial charge is 0.194 e. The second-order valence-electron chi connectivity index (χ2n) is 9.21. The maximum Gasteiger partial charge on any atom is 0.194 e. The van der Waals surface area contributed by atoms with Crippen molar-refractivity contribution in [1.29, 1.82) is 0 Å². The summed E-state index contributed by atoms with van der Waals surface area (Å²) in [6.45, 7) is 3.73. The first-order valence-corrected chi connectivity index (χ1v) is 13.1. The lowest BCUT2D eigenvalue weighted by atomic mass is 9.96. The molecule has 0 radical (unpaired) electrons. The van der Waals surface area contributed by atoms with Gasteiger partial charge in [0.15, 0.2) is 10.8 Å². The average molecular weight is 495 g/mol. The number of para-hydroxylation sites is 1. The minimum absolute atomic E-state index is 0.0144. The van der Waals surface area contributed by atoms with E-state index in [9.17, 15) is 19.1 Å². The standard InChI is InChI=1S/C28H31FN2O3S/c1-2-23(31-11-5-6-20(9-12-31)27(34)28-30-10-13-35-28)18-24(32)16-19-14-21(17-22(29)15-19)25-7-3-4-8-26(25)33/h3-4,7-8,10,13-15,17,20,23,33H,2,5-6,9,11-12,16,18H2,1H3. The van der Waals surface area contributed by atoms with Crippen molar-refractivity contribution < 1.29 is 19.1 Å². The van der Waals surface area contributed by atoms with Crippen LogP contribution >= 0.6 is 11.3 Å². The van der Waals surface area contributed by atoms with Crippen LogP contribution in [0.15, 0.2) is 54.0 Å². The lowest BCUT2D eigenvalue weighted by Gasteiger charge is -2.29. The summed E-state index contributed by atoms with van der Waals surface area (Å²) in [5.41, 5.74) is 1.70. The molecule has 0 aliphatic carbocycles. The molecule has 1 saturated heterocycles. The van der Waals surface area contributed by atoms with Gasteiger partial charge in [0.05, 0.1) is 0 Å². The largest absolute Gasteiger partial charge is 0.507 e. The molecular weight excluding hydrogens is 463 g/mol. The van der Waals surface area contributed by atoms with Crippen LogP contribution in [0.1, 0.15) is 54.4 Å². The summed E-state index contributed by atoms with van der Waals surface area (Å²) >= 11 is 1.39. The molecule has 2 heterocycles. The number of aromatic hydroxyl groups is 1. The first-order chi connectivity index (χ1) is 16.9. The predicted molar refractivity (Wildman–Crippen MR) is 136 cm³/mol. The van der Waals surface area contributed by atoms with Gasteiger partial charge in [-0.25, -0.2) is 9.37 Å². The number of hydrogen-bond donors (Lipinski definition) is 1. The number of thiazole rings is 1. The van der Waals surface area contributed by atoms with Crippen molar-refractivity contribution in [3.05, 3.63) is 70.4 Å². The second-order valence-corrected chi connectivity index (χ2v) is 10.1. The van der Waals surface area contributed by atoms with E-state index in [0.29, 0.717) is 28.1 Å². The number of Topliss-reactive ketones (excluding diaryl/α,β-unsaturated/α-hetero) is 2. The molecule has 5 nitrogen and oxygen atoms in total. The number of carbonyl (C=O) groups is 2. The molecule has 0 amide bonds. The Kier molecular flexibility index (Phi) is 8.42. The van der Waals surface area contributed by atoms with E-state index < -0.39 is 5.82 Å². The van der Waals surface area contributed by atoms with Gasteiger partial charge >= 0.3 is 0 Å². The van der Waals surface area contributed by atoms with Crippen molar-refractivity contribution in [2.45, 2.75) is 51.5 Å². The number of phenols is 1. The molecule has 1 aliphatic rings. The normalized spacial score (nSPS) is 17.6. The molecule has 2 unspecified atom stereocenters. The van der Waals surface area contributed by atoms with Crippen LogP contribution in [0.3, 0.4) is 0 Å². The third kappa shape index (κ3) is 6.41. The summed E-state index contributed by atoms with van der Waals surface area (Å²) in [5.74, 6) is -0.166. The van der Waals surface area contributed by atoms with Gasteiger partial charge < -0.3 is 5.11 Å². The molecule has 0 bridgehead atoms. The lowest BCUT2D eigenvalue weighted by molar-refractivity contribution is -0.119. The van der Waals surface area contributed by atoms with Gasteiger partial charge in [-0.05, 0) is 68.1 Å². The number of rotatable bonds is 9. The maximum atomic E-state index is 14.3. The lowest BCUT2D eigenvalue weighted by Crippen LogP contribution is -2.37. The number of hydrogen-bond acceptors (Lipinski definition) is 6. The summed E-state index contributed by atoms with van der Waals surface area (Å²) in [7, 11) is 0. The van der Waals surface area contributed by atoms with Crippen LogP contribution in [0, 0.1) is 11.7 Å². The van der Waals surface area contributed by atoms with Gasteiger partial charge in [-0.15, -0.1) is 11.3 Å². The van der Waals surface area contributed by atoms with Crippen molar-refractivity contribution >= 4 is 22.9 Å². The van der Waals surface area contributed by atoms with Crippen LogP contribution in [0.2, 0.25) is 0 Å². The fraction of sp³-hybridized carbons (Fsp3) is 0.393. The number of nitrogens with zero attached hydrogens (tertiary/aromatic N) is 2. The fourth-order valence-corrected chi connectivity index (χ4v) is 5.64. The van der Waals surface area contributed by atoms with Crippen LogP contribution in [-0.4, -0.2) is 45.7 Å². The van der Waals surface area contributed by atoms with Crippen molar-refractivity contribution in [3.63, 3.8) is 0 Å². The zero-order valence-corrected chi connectivity index (χ0v) is 20.8. The summed E-state index contributed by atoms with van der Waals surface area (Å²) in [6.07, 6.45) is 5.58. The molecule has 1 aromatic heterocycles. The molecule has 35 heavy (non-hydrogen) atoms. The van der Waals surface area contributed by atoms with Gasteiger partial charge in [-0.1, -0.05) is 31.2 Å². The Morgan fingerprint density at radius 2 is 2.03 bits per heavy atom. The molecule has 3 aromatic rings. The molecule has 1 fully saturated rings. The van der Waals surface area contributed by atoms with E-state index in [2.05, 4.69) is 16.8 Å². The number of carbonyl (C=O) groups excluding carboxylic acids is 2. The van der Waals surface area contributed by atoms with Crippen LogP contribution < -0.4 is 0 Å². The summed E-state index contributed by atoms with van der Waals surface area (Å²) in [5, 5.41) is 12.6. The Morgan fingerprint density at radius 3 is 2.77 bits per heavy atom. The third-order valence-electron chi connectivity index (χ3n) is 6.80. The second kappa shape index (κ2) is 11.7. The van der Waals surface area contributed by atoms with Crippen molar-refractivity contribution in [3.8, 4) is 16.9 Å². The van der Waals surface area contributed by atoms with E-state index in [-0.39, 0.29) is 35.7 Å². The van der Waals surface area contributed by atoms with Gasteiger partial charge in [-0.3, -0.25) is 14.5 Å². The quantitative estimate of drug-likeness (QED) is 0.374. The average Bonchev–Trinajstić information content (AvgIpc) is 3.27. The molecule has 1 aliphatic heterocycles. The molecule has 0 spiro atoms. The van der Waals surface area contributed by atoms with E-state index >= 15 is 0 Å². The first kappa shape index (κ1) is 25.2. The van der Waals surface area contributed by atoms with E-state index in [4.69, 9.17) is 0 Å². The SMILES string of the molecule is CCC(CC(=O)Cc1cc(F)cc(-c2ccccc2O)c1)N1CCCC(C(=O)c2nccs2)CC1. The number of ketones is 2. The molecule has 2 aromatic carbocycles. The molecule has 2 atom stereocenters. The zero-order chi connectivity index (χ0) is 24.8. The Morgan fingerprint density at radius 1 is 1.20 bits per heavy atom. The highest BCUT2D eigenvalue weighted by molar-refractivity contribution is 7.11. The van der Waals surface area contributed by atoms with Crippen molar-refractivity contribution in [2.24, 2.45) is 5.92 Å². The molecule has 1 N–H and O–H groups in total. The van der Waals surface area contributed by atoms with Gasteiger partial charge in [0, 0.05) is 41.9 Å². The van der Waals surface area contributed by atoms with E-state index in [0.717, 1.165) is 38.8 Å². The Balaban J connectivity index is 1.38. The number of aromatic nitrogens is 1. The number of likely N-dealkylation sites (tertiary alicyclic amines) is 1. The number of benzene rings is 2. The van der Waals surface area contributed by atoms with Crippen molar-refractivity contribution in [1.82, 2.24) is 9.88 Å². The number of halogens is 1. The molecule has 0 saturated carbocycles. The monoisotopic (exact) mass is 494 g/mol. The Bertz CT molecular complexity index is 1160. The van der Waals surface area contributed by atoms with Gasteiger partial charge in [0.25, 0.3) is 0 Å².